The molecule has 0 radical (unpaired) electrons. The first kappa shape index (κ1) is 20.0. The predicted molar refractivity (Wildman–Crippen MR) is 119 cm³/mol. The number of hydrogen-bond donors (Lipinski definition) is 1. The molecule has 1 aliphatic heterocycles. The van der Waals surface area contributed by atoms with Crippen LogP contribution in [0.4, 0.5) is 10.5 Å². The molecule has 1 aliphatic rings. The minimum absolute atomic E-state index is 0.0368. The van der Waals surface area contributed by atoms with Crippen molar-refractivity contribution in [2.45, 2.75) is 26.3 Å². The third kappa shape index (κ3) is 4.82. The van der Waals surface area contributed by atoms with Gasteiger partial charge in [0.1, 0.15) is 11.6 Å². The number of nitrogens with one attached hydrogen (secondary N) is 1. The minimum atomic E-state index is -0.0368. The van der Waals surface area contributed by atoms with Crippen LogP contribution in [0.3, 0.4) is 0 Å². The van der Waals surface area contributed by atoms with Gasteiger partial charge in [-0.15, -0.1) is 0 Å². The van der Waals surface area contributed by atoms with Crippen molar-refractivity contribution in [2.24, 2.45) is 5.92 Å². The Morgan fingerprint density at radius 1 is 1.10 bits per heavy atom. The van der Waals surface area contributed by atoms with Gasteiger partial charge in [0, 0.05) is 43.3 Å². The average Bonchev–Trinajstić information content (AvgIpc) is 3.24. The van der Waals surface area contributed by atoms with E-state index in [4.69, 9.17) is 4.74 Å². The van der Waals surface area contributed by atoms with Gasteiger partial charge in [0.05, 0.1) is 6.61 Å². The maximum atomic E-state index is 12.6. The lowest BCUT2D eigenvalue weighted by Crippen LogP contribution is -2.41. The molecule has 0 atom stereocenters. The summed E-state index contributed by atoms with van der Waals surface area (Å²) in [4.78, 5) is 19.1. The molecule has 1 N–H and O–H groups in total. The highest BCUT2D eigenvalue weighted by molar-refractivity contribution is 5.89. The maximum Gasteiger partial charge on any atom is 0.321 e. The van der Waals surface area contributed by atoms with Crippen LogP contribution in [0.15, 0.2) is 67.0 Å². The summed E-state index contributed by atoms with van der Waals surface area (Å²) in [5.74, 6) is 2.35. The van der Waals surface area contributed by atoms with Gasteiger partial charge in [-0.1, -0.05) is 30.3 Å². The zero-order valence-electron chi connectivity index (χ0n) is 17.3. The van der Waals surface area contributed by atoms with E-state index < -0.39 is 0 Å². The Hall–Kier alpha value is -3.28. The Bertz CT molecular complexity index is 945. The highest BCUT2D eigenvalue weighted by Crippen LogP contribution is 2.24. The fraction of sp³-hybridized carbons (Fsp3) is 0.333. The first-order valence-electron chi connectivity index (χ1n) is 10.6. The summed E-state index contributed by atoms with van der Waals surface area (Å²) >= 11 is 0. The second-order valence-electron chi connectivity index (χ2n) is 7.59. The minimum Gasteiger partial charge on any atom is -0.494 e. The number of anilines is 1. The normalized spacial score (nSPS) is 14.5. The summed E-state index contributed by atoms with van der Waals surface area (Å²) in [6.07, 6.45) is 5.89. The Morgan fingerprint density at radius 3 is 2.53 bits per heavy atom. The van der Waals surface area contributed by atoms with Crippen molar-refractivity contribution in [3.8, 4) is 17.1 Å². The summed E-state index contributed by atoms with van der Waals surface area (Å²) in [5.41, 5.74) is 1.92. The van der Waals surface area contributed by atoms with E-state index in [0.29, 0.717) is 12.5 Å². The Labute approximate surface area is 177 Å². The van der Waals surface area contributed by atoms with E-state index in [2.05, 4.69) is 27.0 Å². The zero-order valence-corrected chi connectivity index (χ0v) is 17.3. The summed E-state index contributed by atoms with van der Waals surface area (Å²) in [6, 6.07) is 17.7. The fourth-order valence-corrected chi connectivity index (χ4v) is 3.90. The molecule has 30 heavy (non-hydrogen) atoms. The second-order valence-corrected chi connectivity index (χ2v) is 7.59. The van der Waals surface area contributed by atoms with Gasteiger partial charge in [-0.05, 0) is 49.9 Å². The maximum absolute atomic E-state index is 12.6. The van der Waals surface area contributed by atoms with Gasteiger partial charge in [-0.25, -0.2) is 9.78 Å². The number of rotatable bonds is 6. The highest BCUT2D eigenvalue weighted by atomic mass is 16.5. The highest BCUT2D eigenvalue weighted by Gasteiger charge is 2.23. The van der Waals surface area contributed by atoms with Crippen molar-refractivity contribution in [3.63, 3.8) is 0 Å². The predicted octanol–water partition coefficient (Wildman–Crippen LogP) is 4.89. The van der Waals surface area contributed by atoms with Crippen LogP contribution >= 0.6 is 0 Å². The van der Waals surface area contributed by atoms with E-state index in [9.17, 15) is 4.79 Å². The molecule has 2 aromatic carbocycles. The van der Waals surface area contributed by atoms with Crippen LogP contribution in [0.5, 0.6) is 5.75 Å². The average molecular weight is 405 g/mol. The van der Waals surface area contributed by atoms with Crippen molar-refractivity contribution >= 4 is 11.7 Å². The number of likely N-dealkylation sites (tertiary alicyclic amines) is 1. The number of piperidine rings is 1. The summed E-state index contributed by atoms with van der Waals surface area (Å²) in [7, 11) is 0. The van der Waals surface area contributed by atoms with Crippen LogP contribution < -0.4 is 10.1 Å². The molecule has 156 valence electrons. The standard InChI is InChI=1S/C24H28N4O2/c1-2-30-22-10-8-21(9-11-22)26-24(29)27-15-12-19(13-16-27)18-28-17-14-25-23(28)20-6-4-3-5-7-20/h3-11,14,17,19H,2,12-13,15-16,18H2,1H3,(H,26,29). The van der Waals surface area contributed by atoms with Gasteiger partial charge in [0.2, 0.25) is 0 Å². The third-order valence-electron chi connectivity index (χ3n) is 5.52. The van der Waals surface area contributed by atoms with E-state index >= 15 is 0 Å². The van der Waals surface area contributed by atoms with Crippen LogP contribution in [0, 0.1) is 5.92 Å². The molecule has 1 saturated heterocycles. The lowest BCUT2D eigenvalue weighted by Gasteiger charge is -2.32. The number of benzene rings is 2. The molecule has 1 aromatic heterocycles. The number of nitrogens with zero attached hydrogens (tertiary/aromatic N) is 3. The van der Waals surface area contributed by atoms with Gasteiger partial charge in [-0.3, -0.25) is 0 Å². The van der Waals surface area contributed by atoms with Crippen LogP contribution in [0.1, 0.15) is 19.8 Å². The van der Waals surface area contributed by atoms with E-state index in [0.717, 1.165) is 55.3 Å². The number of hydrogen-bond acceptors (Lipinski definition) is 3. The Balaban J connectivity index is 1.29. The lowest BCUT2D eigenvalue weighted by atomic mass is 9.97. The fourth-order valence-electron chi connectivity index (χ4n) is 3.90. The van der Waals surface area contributed by atoms with Crippen molar-refractivity contribution in [1.82, 2.24) is 14.5 Å². The van der Waals surface area contributed by atoms with Crippen molar-refractivity contribution in [1.29, 1.82) is 0 Å². The van der Waals surface area contributed by atoms with Gasteiger partial charge in [0.15, 0.2) is 0 Å². The number of amides is 2. The first-order chi connectivity index (χ1) is 14.7. The molecule has 2 heterocycles. The second kappa shape index (κ2) is 9.48. The molecule has 0 aliphatic carbocycles. The number of imidazole rings is 1. The molecule has 0 saturated carbocycles. The topological polar surface area (TPSA) is 59.4 Å². The van der Waals surface area contributed by atoms with E-state index in [1.54, 1.807) is 0 Å². The number of carbonyl (C=O) groups is 1. The third-order valence-corrected chi connectivity index (χ3v) is 5.52. The first-order valence-corrected chi connectivity index (χ1v) is 10.6. The molecule has 0 spiro atoms. The molecule has 3 aromatic rings. The van der Waals surface area contributed by atoms with Crippen LogP contribution in [0.25, 0.3) is 11.4 Å². The Kier molecular flexibility index (Phi) is 6.32. The number of ether oxygens (including phenoxy) is 1. The van der Waals surface area contributed by atoms with Gasteiger partial charge in [0.25, 0.3) is 0 Å². The summed E-state index contributed by atoms with van der Waals surface area (Å²) < 4.78 is 7.68. The molecule has 0 unspecified atom stereocenters. The van der Waals surface area contributed by atoms with Crippen LogP contribution in [0.2, 0.25) is 0 Å². The van der Waals surface area contributed by atoms with E-state index in [1.807, 2.05) is 66.7 Å². The van der Waals surface area contributed by atoms with E-state index in [1.165, 1.54) is 0 Å². The number of aromatic nitrogens is 2. The molecule has 4 rings (SSSR count). The van der Waals surface area contributed by atoms with Crippen molar-refractivity contribution in [2.75, 3.05) is 25.0 Å². The molecular weight excluding hydrogens is 376 g/mol. The molecular formula is C24H28N4O2. The zero-order chi connectivity index (χ0) is 20.8. The molecule has 6 nitrogen and oxygen atoms in total. The SMILES string of the molecule is CCOc1ccc(NC(=O)N2CCC(Cn3ccnc3-c3ccccc3)CC2)cc1. The van der Waals surface area contributed by atoms with E-state index in [-0.39, 0.29) is 6.03 Å². The lowest BCUT2D eigenvalue weighted by molar-refractivity contribution is 0.177. The number of urea groups is 1. The van der Waals surface area contributed by atoms with Crippen molar-refractivity contribution in [3.05, 3.63) is 67.0 Å². The quantitative estimate of drug-likeness (QED) is 0.636. The van der Waals surface area contributed by atoms with Crippen LogP contribution in [-0.2, 0) is 6.54 Å². The number of carbonyl (C=O) groups excluding carboxylic acids is 1. The molecule has 0 bridgehead atoms. The summed E-state index contributed by atoms with van der Waals surface area (Å²) in [6.45, 7) is 5.05. The van der Waals surface area contributed by atoms with Gasteiger partial charge in [-0.2, -0.15) is 0 Å². The van der Waals surface area contributed by atoms with Crippen LogP contribution in [-0.4, -0.2) is 40.2 Å². The largest absolute Gasteiger partial charge is 0.494 e. The monoisotopic (exact) mass is 404 g/mol. The smallest absolute Gasteiger partial charge is 0.321 e. The van der Waals surface area contributed by atoms with Gasteiger partial charge < -0.3 is 19.5 Å². The molecule has 1 fully saturated rings. The van der Waals surface area contributed by atoms with Crippen molar-refractivity contribution < 1.29 is 9.53 Å². The molecule has 2 amide bonds. The summed E-state index contributed by atoms with van der Waals surface area (Å²) in [5, 5.41) is 2.99. The molecule has 6 heteroatoms. The van der Waals surface area contributed by atoms with Gasteiger partial charge >= 0.3 is 6.03 Å². The Morgan fingerprint density at radius 2 is 1.83 bits per heavy atom.